The highest BCUT2D eigenvalue weighted by molar-refractivity contribution is 6.32. The number of aliphatic hydroxyl groups excluding tert-OH is 1. The lowest BCUT2D eigenvalue weighted by atomic mass is 10.1. The number of halogens is 1. The van der Waals surface area contributed by atoms with E-state index in [4.69, 9.17) is 21.1 Å². The standard InChI is InChI=1S/C16H17ClO3/c1-11(13-6-4-3-5-7-13)20-16-14(17)8-12(10-18)9-15(16)19-2/h3-9,11,18H,10H2,1-2H3. The third-order valence-electron chi connectivity index (χ3n) is 3.04. The predicted octanol–water partition coefficient (Wildman–Crippen LogP) is 3.98. The summed E-state index contributed by atoms with van der Waals surface area (Å²) >= 11 is 6.21. The van der Waals surface area contributed by atoms with E-state index in [0.717, 1.165) is 5.56 Å². The lowest BCUT2D eigenvalue weighted by Crippen LogP contribution is -2.05. The van der Waals surface area contributed by atoms with Gasteiger partial charge in [-0.15, -0.1) is 0 Å². The molecule has 0 aliphatic heterocycles. The molecule has 0 fully saturated rings. The Kier molecular flexibility index (Phi) is 4.88. The van der Waals surface area contributed by atoms with Gasteiger partial charge in [-0.2, -0.15) is 0 Å². The van der Waals surface area contributed by atoms with Crippen LogP contribution in [0.1, 0.15) is 24.2 Å². The molecule has 1 atom stereocenters. The normalized spacial score (nSPS) is 12.0. The molecule has 0 bridgehead atoms. The Labute approximate surface area is 123 Å². The van der Waals surface area contributed by atoms with E-state index in [9.17, 15) is 5.11 Å². The van der Waals surface area contributed by atoms with E-state index < -0.39 is 0 Å². The number of hydrogen-bond acceptors (Lipinski definition) is 3. The Bertz CT molecular complexity index is 569. The fourth-order valence-corrected chi connectivity index (χ4v) is 2.23. The Morgan fingerprint density at radius 2 is 1.90 bits per heavy atom. The van der Waals surface area contributed by atoms with Gasteiger partial charge in [-0.1, -0.05) is 41.9 Å². The molecule has 0 amide bonds. The van der Waals surface area contributed by atoms with Gasteiger partial charge in [0.2, 0.25) is 0 Å². The van der Waals surface area contributed by atoms with Gasteiger partial charge >= 0.3 is 0 Å². The van der Waals surface area contributed by atoms with Crippen molar-refractivity contribution in [3.8, 4) is 11.5 Å². The van der Waals surface area contributed by atoms with Crippen LogP contribution in [0.2, 0.25) is 5.02 Å². The van der Waals surface area contributed by atoms with Gasteiger partial charge in [0.05, 0.1) is 18.7 Å². The SMILES string of the molecule is COc1cc(CO)cc(Cl)c1OC(C)c1ccccc1. The number of aliphatic hydroxyl groups is 1. The van der Waals surface area contributed by atoms with Crippen molar-refractivity contribution in [1.82, 2.24) is 0 Å². The summed E-state index contributed by atoms with van der Waals surface area (Å²) in [6.07, 6.45) is -0.150. The molecule has 2 aromatic rings. The van der Waals surface area contributed by atoms with E-state index in [2.05, 4.69) is 0 Å². The van der Waals surface area contributed by atoms with E-state index in [1.807, 2.05) is 37.3 Å². The van der Waals surface area contributed by atoms with E-state index in [1.165, 1.54) is 0 Å². The summed E-state index contributed by atoms with van der Waals surface area (Å²) in [4.78, 5) is 0. The fourth-order valence-electron chi connectivity index (χ4n) is 1.95. The second-order valence-corrected chi connectivity index (χ2v) is 4.85. The van der Waals surface area contributed by atoms with Gasteiger partial charge in [0.1, 0.15) is 6.10 Å². The third-order valence-corrected chi connectivity index (χ3v) is 3.32. The monoisotopic (exact) mass is 292 g/mol. The van der Waals surface area contributed by atoms with Crippen LogP contribution in [0.4, 0.5) is 0 Å². The quantitative estimate of drug-likeness (QED) is 0.906. The van der Waals surface area contributed by atoms with Crippen LogP contribution in [0.5, 0.6) is 11.5 Å². The number of benzene rings is 2. The maximum atomic E-state index is 9.18. The van der Waals surface area contributed by atoms with Crippen LogP contribution in [0.15, 0.2) is 42.5 Å². The van der Waals surface area contributed by atoms with Crippen molar-refractivity contribution in [2.75, 3.05) is 7.11 Å². The molecule has 0 aliphatic rings. The van der Waals surface area contributed by atoms with Crippen LogP contribution in [0.3, 0.4) is 0 Å². The molecule has 20 heavy (non-hydrogen) atoms. The third kappa shape index (κ3) is 3.24. The first-order chi connectivity index (χ1) is 9.65. The average Bonchev–Trinajstić information content (AvgIpc) is 2.49. The first-order valence-corrected chi connectivity index (χ1v) is 6.72. The molecule has 2 aromatic carbocycles. The summed E-state index contributed by atoms with van der Waals surface area (Å²) in [7, 11) is 1.55. The lowest BCUT2D eigenvalue weighted by Gasteiger charge is -2.19. The highest BCUT2D eigenvalue weighted by Gasteiger charge is 2.15. The summed E-state index contributed by atoms with van der Waals surface area (Å²) in [6.45, 7) is 1.86. The molecular formula is C16H17ClO3. The second-order valence-electron chi connectivity index (χ2n) is 4.44. The van der Waals surface area contributed by atoms with Gasteiger partial charge < -0.3 is 14.6 Å². The minimum atomic E-state index is -0.150. The van der Waals surface area contributed by atoms with Crippen LogP contribution in [-0.4, -0.2) is 12.2 Å². The van der Waals surface area contributed by atoms with Crippen LogP contribution in [0, 0.1) is 0 Å². The molecule has 4 heteroatoms. The summed E-state index contributed by atoms with van der Waals surface area (Å²) < 4.78 is 11.2. The molecular weight excluding hydrogens is 276 g/mol. The number of rotatable bonds is 5. The van der Waals surface area contributed by atoms with Crippen LogP contribution in [0.25, 0.3) is 0 Å². The van der Waals surface area contributed by atoms with Crippen molar-refractivity contribution in [2.45, 2.75) is 19.6 Å². The van der Waals surface area contributed by atoms with Crippen molar-refractivity contribution >= 4 is 11.6 Å². The molecule has 0 spiro atoms. The molecule has 106 valence electrons. The van der Waals surface area contributed by atoms with Crippen molar-refractivity contribution in [3.05, 3.63) is 58.6 Å². The molecule has 0 aliphatic carbocycles. The maximum absolute atomic E-state index is 9.18. The number of hydrogen-bond donors (Lipinski definition) is 1. The molecule has 0 radical (unpaired) electrons. The molecule has 0 saturated carbocycles. The van der Waals surface area contributed by atoms with E-state index in [-0.39, 0.29) is 12.7 Å². The summed E-state index contributed by atoms with van der Waals surface area (Å²) in [6, 6.07) is 13.3. The molecule has 1 unspecified atom stereocenters. The van der Waals surface area contributed by atoms with Crippen LogP contribution < -0.4 is 9.47 Å². The van der Waals surface area contributed by atoms with Crippen molar-refractivity contribution in [3.63, 3.8) is 0 Å². The molecule has 0 aromatic heterocycles. The zero-order valence-corrected chi connectivity index (χ0v) is 12.2. The van der Waals surface area contributed by atoms with Crippen molar-refractivity contribution in [1.29, 1.82) is 0 Å². The first kappa shape index (κ1) is 14.7. The summed E-state index contributed by atoms with van der Waals surface area (Å²) in [5, 5.41) is 9.60. The summed E-state index contributed by atoms with van der Waals surface area (Å²) in [5.41, 5.74) is 1.74. The molecule has 0 heterocycles. The first-order valence-electron chi connectivity index (χ1n) is 6.34. The second kappa shape index (κ2) is 6.64. The topological polar surface area (TPSA) is 38.7 Å². The summed E-state index contributed by atoms with van der Waals surface area (Å²) in [5.74, 6) is 1.01. The molecule has 2 rings (SSSR count). The van der Waals surface area contributed by atoms with Crippen LogP contribution >= 0.6 is 11.6 Å². The van der Waals surface area contributed by atoms with Gasteiger partial charge in [-0.25, -0.2) is 0 Å². The maximum Gasteiger partial charge on any atom is 0.180 e. The minimum Gasteiger partial charge on any atom is -0.493 e. The van der Waals surface area contributed by atoms with Crippen molar-refractivity contribution < 1.29 is 14.6 Å². The highest BCUT2D eigenvalue weighted by Crippen LogP contribution is 2.39. The predicted molar refractivity (Wildman–Crippen MR) is 79.4 cm³/mol. The van der Waals surface area contributed by atoms with E-state index in [0.29, 0.717) is 22.1 Å². The van der Waals surface area contributed by atoms with Gasteiger partial charge in [0.25, 0.3) is 0 Å². The Morgan fingerprint density at radius 1 is 1.20 bits per heavy atom. The molecule has 3 nitrogen and oxygen atoms in total. The fraction of sp³-hybridized carbons (Fsp3) is 0.250. The molecule has 1 N–H and O–H groups in total. The Morgan fingerprint density at radius 3 is 2.50 bits per heavy atom. The zero-order valence-electron chi connectivity index (χ0n) is 11.5. The van der Waals surface area contributed by atoms with Crippen molar-refractivity contribution in [2.24, 2.45) is 0 Å². The molecule has 0 saturated heterocycles. The zero-order chi connectivity index (χ0) is 14.5. The Hall–Kier alpha value is -1.71. The smallest absolute Gasteiger partial charge is 0.180 e. The average molecular weight is 293 g/mol. The van der Waals surface area contributed by atoms with Gasteiger partial charge in [0, 0.05) is 0 Å². The Balaban J connectivity index is 2.29. The number of methoxy groups -OCH3 is 1. The van der Waals surface area contributed by atoms with Crippen LogP contribution in [-0.2, 0) is 6.61 Å². The van der Waals surface area contributed by atoms with Gasteiger partial charge in [-0.05, 0) is 30.2 Å². The minimum absolute atomic E-state index is 0.0927. The van der Waals surface area contributed by atoms with Gasteiger partial charge in [0.15, 0.2) is 11.5 Å². The lowest BCUT2D eigenvalue weighted by molar-refractivity contribution is 0.215. The van der Waals surface area contributed by atoms with E-state index in [1.54, 1.807) is 19.2 Å². The largest absolute Gasteiger partial charge is 0.493 e. The number of ether oxygens (including phenoxy) is 2. The van der Waals surface area contributed by atoms with Gasteiger partial charge in [-0.3, -0.25) is 0 Å². The van der Waals surface area contributed by atoms with E-state index >= 15 is 0 Å². The highest BCUT2D eigenvalue weighted by atomic mass is 35.5.